The zero-order chi connectivity index (χ0) is 13.8. The molecule has 1 heterocycles. The maximum absolute atomic E-state index is 10.8. The molecular weight excluding hydrogens is 248 g/mol. The third-order valence-corrected chi connectivity index (χ3v) is 2.69. The molecule has 0 aliphatic rings. The van der Waals surface area contributed by atoms with E-state index in [2.05, 4.69) is 10.2 Å². The summed E-state index contributed by atoms with van der Waals surface area (Å²) in [4.78, 5) is 10.8. The van der Waals surface area contributed by atoms with Crippen molar-refractivity contribution >= 4 is 5.97 Å². The van der Waals surface area contributed by atoms with Crippen LogP contribution in [-0.2, 0) is 11.2 Å². The van der Waals surface area contributed by atoms with E-state index >= 15 is 0 Å². The molecule has 1 aromatic heterocycles. The zero-order valence-corrected chi connectivity index (χ0v) is 10.7. The highest BCUT2D eigenvalue weighted by molar-refractivity contribution is 5.69. The molecule has 0 saturated carbocycles. The van der Waals surface area contributed by atoms with E-state index in [-0.39, 0.29) is 6.42 Å². The molecule has 0 spiro atoms. The van der Waals surface area contributed by atoms with Crippen LogP contribution in [0.15, 0.2) is 28.7 Å². The lowest BCUT2D eigenvalue weighted by Gasteiger charge is -2.01. The van der Waals surface area contributed by atoms with Crippen molar-refractivity contribution in [3.05, 3.63) is 30.2 Å². The lowest BCUT2D eigenvalue weighted by molar-refractivity contribution is -0.141. The molecular formula is C13H14N2O4. The number of aromatic nitrogens is 2. The van der Waals surface area contributed by atoms with Crippen LogP contribution in [0.5, 0.6) is 5.75 Å². The molecule has 0 aliphatic heterocycles. The Bertz CT molecular complexity index is 580. The molecule has 0 radical (unpaired) electrons. The molecule has 6 heteroatoms. The number of carboxylic acid groups (broad SMARTS) is 1. The Balaban J connectivity index is 2.18. The summed E-state index contributed by atoms with van der Waals surface area (Å²) in [7, 11) is 1.58. The van der Waals surface area contributed by atoms with Crippen molar-refractivity contribution < 1.29 is 19.1 Å². The fourth-order valence-corrected chi connectivity index (χ4v) is 1.56. The maximum Gasteiger partial charge on any atom is 0.306 e. The van der Waals surface area contributed by atoms with Crippen LogP contribution in [0, 0.1) is 5.92 Å². The van der Waals surface area contributed by atoms with Gasteiger partial charge in [0.05, 0.1) is 13.0 Å². The van der Waals surface area contributed by atoms with Crippen LogP contribution in [0.4, 0.5) is 0 Å². The second-order valence-electron chi connectivity index (χ2n) is 4.18. The van der Waals surface area contributed by atoms with Gasteiger partial charge in [0, 0.05) is 12.0 Å². The Morgan fingerprint density at radius 1 is 1.47 bits per heavy atom. The zero-order valence-electron chi connectivity index (χ0n) is 10.7. The van der Waals surface area contributed by atoms with Gasteiger partial charge in [-0.2, -0.15) is 0 Å². The van der Waals surface area contributed by atoms with Crippen LogP contribution < -0.4 is 4.74 Å². The van der Waals surface area contributed by atoms with E-state index in [1.807, 2.05) is 18.2 Å². The number of benzene rings is 1. The predicted molar refractivity (Wildman–Crippen MR) is 66.8 cm³/mol. The van der Waals surface area contributed by atoms with Crippen LogP contribution in [0.2, 0.25) is 0 Å². The number of carboxylic acids is 1. The Kier molecular flexibility index (Phi) is 3.79. The van der Waals surface area contributed by atoms with Gasteiger partial charge in [-0.05, 0) is 18.2 Å². The summed E-state index contributed by atoms with van der Waals surface area (Å²) in [6.07, 6.45) is 0.215. The molecule has 0 saturated heterocycles. The van der Waals surface area contributed by atoms with Gasteiger partial charge in [-0.15, -0.1) is 10.2 Å². The molecule has 0 fully saturated rings. The Labute approximate surface area is 110 Å². The highest BCUT2D eigenvalue weighted by Gasteiger charge is 2.16. The van der Waals surface area contributed by atoms with Gasteiger partial charge in [0.25, 0.3) is 0 Å². The van der Waals surface area contributed by atoms with Gasteiger partial charge in [0.15, 0.2) is 0 Å². The second-order valence-corrected chi connectivity index (χ2v) is 4.18. The van der Waals surface area contributed by atoms with Crippen LogP contribution in [0.25, 0.3) is 11.5 Å². The minimum atomic E-state index is -0.888. The van der Waals surface area contributed by atoms with E-state index in [9.17, 15) is 4.79 Å². The van der Waals surface area contributed by atoms with Crippen molar-refractivity contribution in [2.24, 2.45) is 5.92 Å². The summed E-state index contributed by atoms with van der Waals surface area (Å²) in [5.41, 5.74) is 0.737. The molecule has 0 bridgehead atoms. The van der Waals surface area contributed by atoms with Gasteiger partial charge in [-0.3, -0.25) is 4.79 Å². The molecule has 19 heavy (non-hydrogen) atoms. The highest BCUT2D eigenvalue weighted by Crippen LogP contribution is 2.23. The van der Waals surface area contributed by atoms with E-state index in [0.717, 1.165) is 5.56 Å². The molecule has 2 aromatic rings. The van der Waals surface area contributed by atoms with Gasteiger partial charge in [-0.1, -0.05) is 13.0 Å². The first-order valence-electron chi connectivity index (χ1n) is 5.79. The van der Waals surface area contributed by atoms with Crippen LogP contribution in [0.3, 0.4) is 0 Å². The number of ether oxygens (including phenoxy) is 1. The first-order valence-corrected chi connectivity index (χ1v) is 5.79. The van der Waals surface area contributed by atoms with Crippen LogP contribution >= 0.6 is 0 Å². The monoisotopic (exact) mass is 262 g/mol. The van der Waals surface area contributed by atoms with Gasteiger partial charge in [-0.25, -0.2) is 0 Å². The van der Waals surface area contributed by atoms with E-state index in [4.69, 9.17) is 14.3 Å². The minimum absolute atomic E-state index is 0.215. The molecule has 1 unspecified atom stereocenters. The van der Waals surface area contributed by atoms with E-state index < -0.39 is 11.9 Å². The Hall–Kier alpha value is -2.37. The fourth-order valence-electron chi connectivity index (χ4n) is 1.56. The quantitative estimate of drug-likeness (QED) is 0.887. The average molecular weight is 262 g/mol. The number of rotatable bonds is 5. The summed E-state index contributed by atoms with van der Waals surface area (Å²) in [6.45, 7) is 1.59. The van der Waals surface area contributed by atoms with E-state index in [1.165, 1.54) is 0 Å². The van der Waals surface area contributed by atoms with Gasteiger partial charge in [0.1, 0.15) is 5.75 Å². The number of hydrogen-bond donors (Lipinski definition) is 1. The Morgan fingerprint density at radius 2 is 2.26 bits per heavy atom. The minimum Gasteiger partial charge on any atom is -0.497 e. The number of aliphatic carboxylic acids is 1. The summed E-state index contributed by atoms with van der Waals surface area (Å²) in [6, 6.07) is 7.23. The van der Waals surface area contributed by atoms with E-state index in [0.29, 0.717) is 17.5 Å². The topological polar surface area (TPSA) is 85.5 Å². The van der Waals surface area contributed by atoms with Crippen LogP contribution in [-0.4, -0.2) is 28.4 Å². The number of nitrogens with zero attached hydrogens (tertiary/aromatic N) is 2. The first-order chi connectivity index (χ1) is 9.10. The largest absolute Gasteiger partial charge is 0.497 e. The lowest BCUT2D eigenvalue weighted by atomic mass is 10.1. The summed E-state index contributed by atoms with van der Waals surface area (Å²) >= 11 is 0. The molecule has 6 nitrogen and oxygen atoms in total. The van der Waals surface area contributed by atoms with Crippen LogP contribution in [0.1, 0.15) is 12.8 Å². The van der Waals surface area contributed by atoms with Gasteiger partial charge in [0.2, 0.25) is 11.8 Å². The highest BCUT2D eigenvalue weighted by atomic mass is 16.5. The third-order valence-electron chi connectivity index (χ3n) is 2.69. The smallest absolute Gasteiger partial charge is 0.306 e. The van der Waals surface area contributed by atoms with Gasteiger partial charge >= 0.3 is 5.97 Å². The van der Waals surface area contributed by atoms with Crippen molar-refractivity contribution in [1.82, 2.24) is 10.2 Å². The van der Waals surface area contributed by atoms with Crippen molar-refractivity contribution in [2.75, 3.05) is 7.11 Å². The average Bonchev–Trinajstić information content (AvgIpc) is 2.87. The molecule has 1 atom stereocenters. The molecule has 100 valence electrons. The fraction of sp³-hybridized carbons (Fsp3) is 0.308. The predicted octanol–water partition coefficient (Wildman–Crippen LogP) is 2.01. The van der Waals surface area contributed by atoms with Crippen molar-refractivity contribution in [3.8, 4) is 17.2 Å². The molecule has 1 N–H and O–H groups in total. The normalized spacial score (nSPS) is 12.1. The standard InChI is InChI=1S/C13H14N2O4/c1-8(13(16)17)6-11-14-15-12(19-11)9-4-3-5-10(7-9)18-2/h3-5,7-8H,6H2,1-2H3,(H,16,17). The second kappa shape index (κ2) is 5.51. The molecule has 2 rings (SSSR count). The maximum atomic E-state index is 10.8. The van der Waals surface area contributed by atoms with E-state index in [1.54, 1.807) is 20.1 Å². The lowest BCUT2D eigenvalue weighted by Crippen LogP contribution is -2.12. The SMILES string of the molecule is COc1cccc(-c2nnc(CC(C)C(=O)O)o2)c1. The number of hydrogen-bond acceptors (Lipinski definition) is 5. The number of methoxy groups -OCH3 is 1. The first kappa shape index (κ1) is 13.1. The van der Waals surface area contributed by atoms with Crippen molar-refractivity contribution in [1.29, 1.82) is 0 Å². The van der Waals surface area contributed by atoms with Gasteiger partial charge < -0.3 is 14.3 Å². The summed E-state index contributed by atoms with van der Waals surface area (Å²) in [5.74, 6) is -0.0879. The summed E-state index contributed by atoms with van der Waals surface area (Å²) < 4.78 is 10.6. The molecule has 0 amide bonds. The Morgan fingerprint density at radius 3 is 2.95 bits per heavy atom. The number of carbonyl (C=O) groups is 1. The molecule has 0 aliphatic carbocycles. The summed E-state index contributed by atoms with van der Waals surface area (Å²) in [5, 5.41) is 16.6. The van der Waals surface area contributed by atoms with Crippen molar-refractivity contribution in [2.45, 2.75) is 13.3 Å². The molecule has 1 aromatic carbocycles. The third kappa shape index (κ3) is 3.09. The van der Waals surface area contributed by atoms with Crippen molar-refractivity contribution in [3.63, 3.8) is 0 Å².